The van der Waals surface area contributed by atoms with Crippen molar-refractivity contribution < 1.29 is 5.11 Å². The number of nitrogens with one attached hydrogen (secondary N) is 1. The van der Waals surface area contributed by atoms with Crippen molar-refractivity contribution in [1.29, 1.82) is 0 Å². The Balaban J connectivity index is 2.07. The summed E-state index contributed by atoms with van der Waals surface area (Å²) in [4.78, 5) is 2.37. The maximum Gasteiger partial charge on any atom is 0.0635 e. The van der Waals surface area contributed by atoms with Gasteiger partial charge < -0.3 is 15.3 Å². The topological polar surface area (TPSA) is 35.5 Å². The molecular formula is C17H28N2O. The highest BCUT2D eigenvalue weighted by molar-refractivity contribution is 5.52. The van der Waals surface area contributed by atoms with Crippen LogP contribution in [0.4, 0.5) is 5.69 Å². The van der Waals surface area contributed by atoms with E-state index in [2.05, 4.69) is 42.3 Å². The quantitative estimate of drug-likeness (QED) is 0.784. The molecular weight excluding hydrogens is 248 g/mol. The van der Waals surface area contributed by atoms with Crippen LogP contribution in [0, 0.1) is 6.92 Å². The van der Waals surface area contributed by atoms with Crippen molar-refractivity contribution in [1.82, 2.24) is 5.32 Å². The zero-order valence-electron chi connectivity index (χ0n) is 12.9. The third-order valence-corrected chi connectivity index (χ3v) is 4.24. The minimum Gasteiger partial charge on any atom is -0.394 e. The van der Waals surface area contributed by atoms with Crippen molar-refractivity contribution in [2.75, 3.05) is 24.6 Å². The first-order valence-corrected chi connectivity index (χ1v) is 7.94. The molecule has 1 atom stereocenters. The molecule has 1 aliphatic heterocycles. The molecule has 2 N–H and O–H groups in total. The summed E-state index contributed by atoms with van der Waals surface area (Å²) in [7, 11) is 0. The summed E-state index contributed by atoms with van der Waals surface area (Å²) in [6.45, 7) is 7.72. The molecule has 3 heteroatoms. The van der Waals surface area contributed by atoms with E-state index in [-0.39, 0.29) is 6.61 Å². The molecule has 112 valence electrons. The van der Waals surface area contributed by atoms with Gasteiger partial charge in [0.25, 0.3) is 0 Å². The van der Waals surface area contributed by atoms with Crippen LogP contribution in [0.5, 0.6) is 0 Å². The molecule has 0 spiro atoms. The molecule has 0 radical (unpaired) electrons. The van der Waals surface area contributed by atoms with E-state index in [1.807, 2.05) is 0 Å². The highest BCUT2D eigenvalue weighted by atomic mass is 16.3. The number of aliphatic hydroxyl groups excluding tert-OH is 1. The number of nitrogens with zero attached hydrogens (tertiary/aromatic N) is 1. The van der Waals surface area contributed by atoms with Gasteiger partial charge in [-0.25, -0.2) is 0 Å². The molecule has 1 fully saturated rings. The Morgan fingerprint density at radius 3 is 2.90 bits per heavy atom. The maximum absolute atomic E-state index is 9.54. The van der Waals surface area contributed by atoms with E-state index in [9.17, 15) is 5.11 Å². The lowest BCUT2D eigenvalue weighted by molar-refractivity contribution is 0.240. The lowest BCUT2D eigenvalue weighted by Crippen LogP contribution is -2.41. The van der Waals surface area contributed by atoms with Crippen LogP contribution < -0.4 is 10.2 Å². The normalized spacial score (nSPS) is 19.4. The van der Waals surface area contributed by atoms with E-state index in [1.165, 1.54) is 36.1 Å². The average molecular weight is 276 g/mol. The number of piperidine rings is 1. The fraction of sp³-hybridized carbons (Fsp3) is 0.647. The van der Waals surface area contributed by atoms with Crippen LogP contribution in [0.25, 0.3) is 0 Å². The van der Waals surface area contributed by atoms with Gasteiger partial charge in [0.1, 0.15) is 0 Å². The first kappa shape index (κ1) is 15.3. The summed E-state index contributed by atoms with van der Waals surface area (Å²) in [6.07, 6.45) is 4.74. The molecule has 0 aliphatic carbocycles. The highest BCUT2D eigenvalue weighted by Crippen LogP contribution is 2.26. The van der Waals surface area contributed by atoms with E-state index in [0.717, 1.165) is 26.1 Å². The largest absolute Gasteiger partial charge is 0.394 e. The van der Waals surface area contributed by atoms with Gasteiger partial charge in [0.2, 0.25) is 0 Å². The van der Waals surface area contributed by atoms with Crippen molar-refractivity contribution in [3.63, 3.8) is 0 Å². The van der Waals surface area contributed by atoms with Gasteiger partial charge in [0, 0.05) is 18.8 Å². The van der Waals surface area contributed by atoms with Crippen molar-refractivity contribution in [2.24, 2.45) is 0 Å². The fourth-order valence-corrected chi connectivity index (χ4v) is 2.99. The third-order valence-electron chi connectivity index (χ3n) is 4.24. The molecule has 3 nitrogen and oxygen atoms in total. The molecule has 0 bridgehead atoms. The first-order valence-electron chi connectivity index (χ1n) is 7.94. The summed E-state index contributed by atoms with van der Waals surface area (Å²) in [6, 6.07) is 7.02. The van der Waals surface area contributed by atoms with Crippen LogP contribution in [0.2, 0.25) is 0 Å². The summed E-state index contributed by atoms with van der Waals surface area (Å²) >= 11 is 0. The van der Waals surface area contributed by atoms with Crippen molar-refractivity contribution >= 4 is 5.69 Å². The van der Waals surface area contributed by atoms with Gasteiger partial charge in [-0.1, -0.05) is 13.0 Å². The summed E-state index contributed by atoms with van der Waals surface area (Å²) in [5.41, 5.74) is 3.98. The van der Waals surface area contributed by atoms with Crippen LogP contribution in [0.1, 0.15) is 43.7 Å². The molecule has 20 heavy (non-hydrogen) atoms. The number of anilines is 1. The zero-order valence-corrected chi connectivity index (χ0v) is 12.9. The lowest BCUT2D eigenvalue weighted by Gasteiger charge is -2.36. The second-order valence-electron chi connectivity index (χ2n) is 5.81. The Bertz CT molecular complexity index is 419. The number of hydrogen-bond acceptors (Lipinski definition) is 3. The Morgan fingerprint density at radius 1 is 1.35 bits per heavy atom. The van der Waals surface area contributed by atoms with E-state index in [1.54, 1.807) is 0 Å². The Labute approximate surface area is 123 Å². The smallest absolute Gasteiger partial charge is 0.0635 e. The first-order chi connectivity index (χ1) is 9.76. The van der Waals surface area contributed by atoms with Gasteiger partial charge in [-0.05, 0) is 62.4 Å². The number of hydrogen-bond donors (Lipinski definition) is 2. The van der Waals surface area contributed by atoms with Crippen LogP contribution in [0.3, 0.4) is 0 Å². The van der Waals surface area contributed by atoms with Gasteiger partial charge in [0.15, 0.2) is 0 Å². The second kappa shape index (κ2) is 7.65. The van der Waals surface area contributed by atoms with Gasteiger partial charge >= 0.3 is 0 Å². The van der Waals surface area contributed by atoms with Crippen molar-refractivity contribution in [3.05, 3.63) is 29.3 Å². The lowest BCUT2D eigenvalue weighted by atomic mass is 10.00. The second-order valence-corrected chi connectivity index (χ2v) is 5.81. The van der Waals surface area contributed by atoms with Crippen LogP contribution in [0.15, 0.2) is 18.2 Å². The van der Waals surface area contributed by atoms with Gasteiger partial charge in [-0.15, -0.1) is 0 Å². The molecule has 0 aromatic heterocycles. The van der Waals surface area contributed by atoms with E-state index in [0.29, 0.717) is 6.04 Å². The van der Waals surface area contributed by atoms with Gasteiger partial charge in [0.05, 0.1) is 12.6 Å². The van der Waals surface area contributed by atoms with Crippen LogP contribution in [-0.4, -0.2) is 30.8 Å². The molecule has 2 rings (SSSR count). The standard InChI is InChI=1S/C17H28N2O/c1-3-9-18-12-15-7-8-16(11-14(15)2)19-10-5-4-6-17(19)13-20/h7-8,11,17-18,20H,3-6,9-10,12-13H2,1-2H3. The predicted molar refractivity (Wildman–Crippen MR) is 85.2 cm³/mol. The number of rotatable bonds is 6. The molecule has 0 amide bonds. The summed E-state index contributed by atoms with van der Waals surface area (Å²) < 4.78 is 0. The Kier molecular flexibility index (Phi) is 5.86. The summed E-state index contributed by atoms with van der Waals surface area (Å²) in [5, 5.41) is 13.0. The molecule has 1 saturated heterocycles. The molecule has 1 heterocycles. The fourth-order valence-electron chi connectivity index (χ4n) is 2.99. The van der Waals surface area contributed by atoms with Crippen molar-refractivity contribution in [2.45, 2.75) is 52.1 Å². The molecule has 1 aromatic rings. The molecule has 0 saturated carbocycles. The third kappa shape index (κ3) is 3.74. The average Bonchev–Trinajstić information content (AvgIpc) is 2.49. The van der Waals surface area contributed by atoms with Gasteiger partial charge in [-0.3, -0.25) is 0 Å². The highest BCUT2D eigenvalue weighted by Gasteiger charge is 2.22. The minimum atomic E-state index is 0.263. The minimum absolute atomic E-state index is 0.263. The van der Waals surface area contributed by atoms with E-state index >= 15 is 0 Å². The maximum atomic E-state index is 9.54. The Morgan fingerprint density at radius 2 is 2.20 bits per heavy atom. The van der Waals surface area contributed by atoms with E-state index < -0.39 is 0 Å². The monoisotopic (exact) mass is 276 g/mol. The predicted octanol–water partition coefficient (Wildman–Crippen LogP) is 2.85. The summed E-state index contributed by atoms with van der Waals surface area (Å²) in [5.74, 6) is 0. The van der Waals surface area contributed by atoms with Crippen molar-refractivity contribution in [3.8, 4) is 0 Å². The molecule has 1 aliphatic rings. The number of benzene rings is 1. The van der Waals surface area contributed by atoms with Crippen LogP contribution >= 0.6 is 0 Å². The zero-order chi connectivity index (χ0) is 14.4. The number of aliphatic hydroxyl groups is 1. The van der Waals surface area contributed by atoms with Crippen LogP contribution in [-0.2, 0) is 6.54 Å². The Hall–Kier alpha value is -1.06. The molecule has 1 unspecified atom stereocenters. The van der Waals surface area contributed by atoms with E-state index in [4.69, 9.17) is 0 Å². The SMILES string of the molecule is CCCNCc1ccc(N2CCCCC2CO)cc1C. The molecule has 1 aromatic carbocycles. The number of aryl methyl sites for hydroxylation is 1. The van der Waals surface area contributed by atoms with Gasteiger partial charge in [-0.2, -0.15) is 0 Å².